The second kappa shape index (κ2) is 7.66. The summed E-state index contributed by atoms with van der Waals surface area (Å²) in [5.74, 6) is -0.360. The smallest absolute Gasteiger partial charge is 0.331 e. The molecule has 1 N–H and O–H groups in total. The number of ether oxygens (including phenoxy) is 1. The Morgan fingerprint density at radius 2 is 1.74 bits per heavy atom. The molecule has 0 spiro atoms. The molecule has 144 valence electrons. The first-order chi connectivity index (χ1) is 12.7. The van der Waals surface area contributed by atoms with Gasteiger partial charge in [-0.2, -0.15) is 0 Å². The van der Waals surface area contributed by atoms with Gasteiger partial charge < -0.3 is 9.64 Å². The number of carbonyl (C=O) groups excluding carboxylic acids is 1. The molecule has 2 atom stereocenters. The van der Waals surface area contributed by atoms with Crippen LogP contribution >= 0.6 is 0 Å². The van der Waals surface area contributed by atoms with Gasteiger partial charge in [0.1, 0.15) is 11.9 Å². The molecule has 1 aliphatic rings. The lowest BCUT2D eigenvalue weighted by atomic mass is 10.1. The number of hydrogen-bond donors (Lipinski definition) is 1. The largest absolute Gasteiger partial charge is 0.367 e. The summed E-state index contributed by atoms with van der Waals surface area (Å²) in [4.78, 5) is 14.0. The van der Waals surface area contributed by atoms with Crippen molar-refractivity contribution in [2.45, 2.75) is 31.0 Å². The minimum Gasteiger partial charge on any atom is -0.367 e. The molecule has 0 radical (unpaired) electrons. The molecule has 6 nitrogen and oxygen atoms in total. The number of nitrogens with one attached hydrogen (secondary N) is 1. The van der Waals surface area contributed by atoms with E-state index >= 15 is 0 Å². The van der Waals surface area contributed by atoms with Crippen LogP contribution in [0.2, 0.25) is 0 Å². The van der Waals surface area contributed by atoms with Crippen molar-refractivity contribution in [1.29, 1.82) is 0 Å². The quantitative estimate of drug-likeness (QED) is 0.871. The minimum absolute atomic E-state index is 0.0258. The van der Waals surface area contributed by atoms with Crippen LogP contribution in [0.15, 0.2) is 53.4 Å². The van der Waals surface area contributed by atoms with Crippen molar-refractivity contribution in [3.8, 4) is 0 Å². The summed E-state index contributed by atoms with van der Waals surface area (Å²) in [5, 5.41) is 0. The Kier molecular flexibility index (Phi) is 5.48. The van der Waals surface area contributed by atoms with E-state index in [0.29, 0.717) is 0 Å². The SMILES string of the molecule is Cc1ccc(S(=O)(=O)NC(=O)N2CC(C)OC(c3ccc(F)cc3)C2)cc1. The monoisotopic (exact) mass is 392 g/mol. The van der Waals surface area contributed by atoms with Gasteiger partial charge in [0, 0.05) is 6.54 Å². The highest BCUT2D eigenvalue weighted by Crippen LogP contribution is 2.25. The van der Waals surface area contributed by atoms with Crippen LogP contribution in [-0.2, 0) is 14.8 Å². The standard InChI is InChI=1S/C19H21FN2O4S/c1-13-3-9-17(10-4-13)27(24,25)21-19(23)22-11-14(2)26-18(12-22)15-5-7-16(20)8-6-15/h3-10,14,18H,11-12H2,1-2H3,(H,21,23). The Morgan fingerprint density at radius 3 is 2.37 bits per heavy atom. The Hall–Kier alpha value is -2.45. The first kappa shape index (κ1) is 19.3. The molecule has 8 heteroatoms. The van der Waals surface area contributed by atoms with Gasteiger partial charge in [-0.25, -0.2) is 22.3 Å². The zero-order valence-electron chi connectivity index (χ0n) is 15.1. The van der Waals surface area contributed by atoms with Gasteiger partial charge in [0.05, 0.1) is 17.5 Å². The zero-order valence-corrected chi connectivity index (χ0v) is 15.9. The molecular formula is C19H21FN2O4S. The second-order valence-electron chi connectivity index (χ2n) is 6.62. The van der Waals surface area contributed by atoms with E-state index in [0.717, 1.165) is 11.1 Å². The summed E-state index contributed by atoms with van der Waals surface area (Å²) in [7, 11) is -3.96. The van der Waals surface area contributed by atoms with E-state index in [9.17, 15) is 17.6 Å². The number of amides is 2. The van der Waals surface area contributed by atoms with Crippen molar-refractivity contribution in [1.82, 2.24) is 9.62 Å². The molecular weight excluding hydrogens is 371 g/mol. The predicted octanol–water partition coefficient (Wildman–Crippen LogP) is 2.99. The molecule has 2 unspecified atom stereocenters. The van der Waals surface area contributed by atoms with Crippen molar-refractivity contribution in [2.75, 3.05) is 13.1 Å². The number of morpholine rings is 1. The number of carbonyl (C=O) groups is 1. The van der Waals surface area contributed by atoms with Crippen LogP contribution in [0.1, 0.15) is 24.2 Å². The maximum absolute atomic E-state index is 13.1. The van der Waals surface area contributed by atoms with Gasteiger partial charge in [-0.05, 0) is 43.7 Å². The van der Waals surface area contributed by atoms with Crippen molar-refractivity contribution < 1.29 is 22.3 Å². The van der Waals surface area contributed by atoms with E-state index in [2.05, 4.69) is 4.72 Å². The molecule has 27 heavy (non-hydrogen) atoms. The first-order valence-corrected chi connectivity index (χ1v) is 10.0. The average Bonchev–Trinajstić information content (AvgIpc) is 2.62. The van der Waals surface area contributed by atoms with E-state index in [1.165, 1.54) is 29.2 Å². The fraction of sp³-hybridized carbons (Fsp3) is 0.316. The molecule has 1 saturated heterocycles. The highest BCUT2D eigenvalue weighted by molar-refractivity contribution is 7.90. The molecule has 2 aromatic rings. The van der Waals surface area contributed by atoms with Crippen LogP contribution in [0.4, 0.5) is 9.18 Å². The molecule has 0 aliphatic carbocycles. The first-order valence-electron chi connectivity index (χ1n) is 8.54. The predicted molar refractivity (Wildman–Crippen MR) is 98.2 cm³/mol. The highest BCUT2D eigenvalue weighted by Gasteiger charge is 2.31. The van der Waals surface area contributed by atoms with Crippen LogP contribution in [0, 0.1) is 12.7 Å². The van der Waals surface area contributed by atoms with Crippen LogP contribution in [0.3, 0.4) is 0 Å². The maximum atomic E-state index is 13.1. The number of nitrogens with zero attached hydrogens (tertiary/aromatic N) is 1. The molecule has 3 rings (SSSR count). The van der Waals surface area contributed by atoms with Gasteiger partial charge in [0.15, 0.2) is 0 Å². The van der Waals surface area contributed by atoms with E-state index in [-0.39, 0.29) is 29.9 Å². The van der Waals surface area contributed by atoms with Gasteiger partial charge in [0.2, 0.25) is 0 Å². The van der Waals surface area contributed by atoms with E-state index < -0.39 is 22.2 Å². The maximum Gasteiger partial charge on any atom is 0.331 e. The van der Waals surface area contributed by atoms with E-state index in [1.54, 1.807) is 31.2 Å². The third kappa shape index (κ3) is 4.64. The molecule has 0 aromatic heterocycles. The van der Waals surface area contributed by atoms with Gasteiger partial charge in [-0.15, -0.1) is 0 Å². The number of sulfonamides is 1. The topological polar surface area (TPSA) is 75.7 Å². The van der Waals surface area contributed by atoms with Crippen LogP contribution in [-0.4, -0.2) is 38.5 Å². The minimum atomic E-state index is -3.96. The lowest BCUT2D eigenvalue weighted by Crippen LogP contribution is -2.51. The number of benzene rings is 2. The van der Waals surface area contributed by atoms with Gasteiger partial charge in [-0.3, -0.25) is 0 Å². The molecule has 0 bridgehead atoms. The average molecular weight is 392 g/mol. The summed E-state index contributed by atoms with van der Waals surface area (Å²) in [6, 6.07) is 11.4. The summed E-state index contributed by atoms with van der Waals surface area (Å²) in [6.07, 6.45) is -0.746. The molecule has 1 fully saturated rings. The number of urea groups is 1. The number of hydrogen-bond acceptors (Lipinski definition) is 4. The third-order valence-electron chi connectivity index (χ3n) is 4.34. The Labute approximate surface area is 158 Å². The van der Waals surface area contributed by atoms with E-state index in [4.69, 9.17) is 4.74 Å². The normalized spacial score (nSPS) is 20.3. The number of halogens is 1. The van der Waals surface area contributed by atoms with Gasteiger partial charge in [-0.1, -0.05) is 29.8 Å². The molecule has 2 aromatic carbocycles. The summed E-state index contributed by atoms with van der Waals surface area (Å²) >= 11 is 0. The van der Waals surface area contributed by atoms with Crippen LogP contribution < -0.4 is 4.72 Å². The van der Waals surface area contributed by atoms with Gasteiger partial charge >= 0.3 is 6.03 Å². The van der Waals surface area contributed by atoms with Crippen molar-refractivity contribution in [2.24, 2.45) is 0 Å². The summed E-state index contributed by atoms with van der Waals surface area (Å²) in [6.45, 7) is 4.07. The summed E-state index contributed by atoms with van der Waals surface area (Å²) < 4.78 is 45.9. The Balaban J connectivity index is 1.73. The Bertz CT molecular complexity index is 914. The lowest BCUT2D eigenvalue weighted by molar-refractivity contribution is -0.0651. The molecule has 0 saturated carbocycles. The van der Waals surface area contributed by atoms with Crippen molar-refractivity contribution in [3.05, 3.63) is 65.5 Å². The number of aryl methyl sites for hydroxylation is 1. The second-order valence-corrected chi connectivity index (χ2v) is 8.30. The number of rotatable bonds is 3. The fourth-order valence-corrected chi connectivity index (χ4v) is 3.91. The molecule has 1 heterocycles. The molecule has 2 amide bonds. The highest BCUT2D eigenvalue weighted by atomic mass is 32.2. The molecule has 1 aliphatic heterocycles. The fourth-order valence-electron chi connectivity index (χ4n) is 2.93. The third-order valence-corrected chi connectivity index (χ3v) is 5.68. The summed E-state index contributed by atoms with van der Waals surface area (Å²) in [5.41, 5.74) is 1.64. The Morgan fingerprint density at radius 1 is 1.11 bits per heavy atom. The zero-order chi connectivity index (χ0) is 19.6. The van der Waals surface area contributed by atoms with Gasteiger partial charge in [0.25, 0.3) is 10.0 Å². The lowest BCUT2D eigenvalue weighted by Gasteiger charge is -2.36. The van der Waals surface area contributed by atoms with Crippen LogP contribution in [0.5, 0.6) is 0 Å². The van der Waals surface area contributed by atoms with Crippen molar-refractivity contribution >= 4 is 16.1 Å². The van der Waals surface area contributed by atoms with Crippen molar-refractivity contribution in [3.63, 3.8) is 0 Å². The van der Waals surface area contributed by atoms with E-state index in [1.807, 2.05) is 6.92 Å². The van der Waals surface area contributed by atoms with Crippen LogP contribution in [0.25, 0.3) is 0 Å².